The monoisotopic (exact) mass is 220 g/mol. The lowest BCUT2D eigenvalue weighted by atomic mass is 10.2. The van der Waals surface area contributed by atoms with Gasteiger partial charge in [0, 0.05) is 0 Å². The number of carbonyl (C=O) groups is 1. The first-order chi connectivity index (χ1) is 6.49. The summed E-state index contributed by atoms with van der Waals surface area (Å²) in [6, 6.07) is 0.558. The molecule has 0 aliphatic rings. The molecule has 1 N–H and O–H groups in total. The van der Waals surface area contributed by atoms with Crippen LogP contribution in [0.4, 0.5) is 8.78 Å². The van der Waals surface area contributed by atoms with E-state index in [1.807, 2.05) is 0 Å². The van der Waals surface area contributed by atoms with Gasteiger partial charge in [0.2, 0.25) is 5.82 Å². The summed E-state index contributed by atoms with van der Waals surface area (Å²) in [7, 11) is 1.10. The fourth-order valence-corrected chi connectivity index (χ4v) is 1.29. The maximum atomic E-state index is 13.0. The van der Waals surface area contributed by atoms with Crippen molar-refractivity contribution in [2.45, 2.75) is 4.90 Å². The number of hydrogen-bond donors (Lipinski definition) is 2. The number of halogens is 2. The molecule has 1 aromatic carbocycles. The zero-order chi connectivity index (χ0) is 10.9. The molecule has 0 heterocycles. The van der Waals surface area contributed by atoms with Gasteiger partial charge in [-0.25, -0.2) is 9.18 Å². The topological polar surface area (TPSA) is 46.5 Å². The standard InChI is InChI=1S/C8H6F2O3S/c1-13-6-5(10)4(9)2-3(7(6)14)8(11)12/h2,14H,1H3,(H,11,12). The third-order valence-electron chi connectivity index (χ3n) is 1.58. The summed E-state index contributed by atoms with van der Waals surface area (Å²) in [6.45, 7) is 0. The van der Waals surface area contributed by atoms with Gasteiger partial charge in [-0.3, -0.25) is 0 Å². The van der Waals surface area contributed by atoms with Crippen LogP contribution >= 0.6 is 12.6 Å². The van der Waals surface area contributed by atoms with E-state index in [0.717, 1.165) is 7.11 Å². The molecule has 0 aromatic heterocycles. The van der Waals surface area contributed by atoms with E-state index < -0.39 is 28.9 Å². The van der Waals surface area contributed by atoms with Gasteiger partial charge >= 0.3 is 5.97 Å². The van der Waals surface area contributed by atoms with Crippen LogP contribution in [-0.4, -0.2) is 18.2 Å². The van der Waals surface area contributed by atoms with Crippen LogP contribution in [0.3, 0.4) is 0 Å². The lowest BCUT2D eigenvalue weighted by Crippen LogP contribution is -2.03. The van der Waals surface area contributed by atoms with E-state index >= 15 is 0 Å². The normalized spacial score (nSPS) is 10.0. The predicted molar refractivity (Wildman–Crippen MR) is 47.1 cm³/mol. The van der Waals surface area contributed by atoms with Gasteiger partial charge in [-0.1, -0.05) is 0 Å². The highest BCUT2D eigenvalue weighted by Crippen LogP contribution is 2.31. The minimum absolute atomic E-state index is 0.237. The average Bonchev–Trinajstić information content (AvgIpc) is 2.12. The van der Waals surface area contributed by atoms with Crippen molar-refractivity contribution in [2.75, 3.05) is 7.11 Å². The van der Waals surface area contributed by atoms with Gasteiger partial charge in [0.15, 0.2) is 11.6 Å². The Morgan fingerprint density at radius 1 is 1.57 bits per heavy atom. The van der Waals surface area contributed by atoms with Gasteiger partial charge in [-0.05, 0) is 6.07 Å². The van der Waals surface area contributed by atoms with E-state index in [4.69, 9.17) is 5.11 Å². The molecule has 14 heavy (non-hydrogen) atoms. The van der Waals surface area contributed by atoms with Crippen LogP contribution in [0.15, 0.2) is 11.0 Å². The quantitative estimate of drug-likeness (QED) is 0.749. The molecule has 1 rings (SSSR count). The van der Waals surface area contributed by atoms with Gasteiger partial charge in [0.25, 0.3) is 0 Å². The predicted octanol–water partition coefficient (Wildman–Crippen LogP) is 1.96. The van der Waals surface area contributed by atoms with Crippen molar-refractivity contribution in [3.05, 3.63) is 23.3 Å². The van der Waals surface area contributed by atoms with Crippen molar-refractivity contribution >= 4 is 18.6 Å². The maximum absolute atomic E-state index is 13.0. The first-order valence-electron chi connectivity index (χ1n) is 3.47. The number of thiol groups is 1. The lowest BCUT2D eigenvalue weighted by molar-refractivity contribution is 0.0691. The molecule has 6 heteroatoms. The Bertz CT molecular complexity index is 393. The van der Waals surface area contributed by atoms with Gasteiger partial charge in [0.1, 0.15) is 0 Å². The van der Waals surface area contributed by atoms with Gasteiger partial charge < -0.3 is 9.84 Å². The Hall–Kier alpha value is -1.30. The molecule has 0 aliphatic heterocycles. The molecule has 0 atom stereocenters. The van der Waals surface area contributed by atoms with Crippen LogP contribution < -0.4 is 4.74 Å². The molecule has 1 aromatic rings. The molecular weight excluding hydrogens is 214 g/mol. The maximum Gasteiger partial charge on any atom is 0.337 e. The Kier molecular flexibility index (Phi) is 2.95. The van der Waals surface area contributed by atoms with Crippen LogP contribution in [0.2, 0.25) is 0 Å². The molecule has 0 saturated heterocycles. The highest BCUT2D eigenvalue weighted by Gasteiger charge is 2.20. The summed E-state index contributed by atoms with van der Waals surface area (Å²) in [6.07, 6.45) is 0. The first kappa shape index (κ1) is 10.8. The Morgan fingerprint density at radius 2 is 2.14 bits per heavy atom. The second-order valence-electron chi connectivity index (χ2n) is 2.41. The second kappa shape index (κ2) is 3.83. The van der Waals surface area contributed by atoms with Gasteiger partial charge in [-0.15, -0.1) is 12.6 Å². The Balaban J connectivity index is 3.50. The average molecular weight is 220 g/mol. The number of benzene rings is 1. The lowest BCUT2D eigenvalue weighted by Gasteiger charge is -2.08. The summed E-state index contributed by atoms with van der Waals surface area (Å²) in [4.78, 5) is 10.3. The van der Waals surface area contributed by atoms with Crippen LogP contribution in [0.5, 0.6) is 5.75 Å². The fourth-order valence-electron chi connectivity index (χ4n) is 0.942. The number of carboxylic acids is 1. The number of hydrogen-bond acceptors (Lipinski definition) is 3. The zero-order valence-electron chi connectivity index (χ0n) is 7.04. The van der Waals surface area contributed by atoms with Crippen molar-refractivity contribution in [3.63, 3.8) is 0 Å². The summed E-state index contributed by atoms with van der Waals surface area (Å²) in [5, 5.41) is 8.61. The van der Waals surface area contributed by atoms with Crippen LogP contribution in [0.1, 0.15) is 10.4 Å². The number of ether oxygens (including phenoxy) is 1. The number of aromatic carboxylic acids is 1. The van der Waals surface area contributed by atoms with E-state index in [0.29, 0.717) is 6.07 Å². The highest BCUT2D eigenvalue weighted by atomic mass is 32.1. The SMILES string of the molecule is COc1c(F)c(F)cc(C(=O)O)c1S. The van der Waals surface area contributed by atoms with Crippen molar-refractivity contribution in [1.29, 1.82) is 0 Å². The van der Waals surface area contributed by atoms with E-state index in [1.165, 1.54) is 0 Å². The minimum Gasteiger partial charge on any atom is -0.492 e. The van der Waals surface area contributed by atoms with Crippen LogP contribution in [-0.2, 0) is 0 Å². The molecule has 0 saturated carbocycles. The Morgan fingerprint density at radius 3 is 2.57 bits per heavy atom. The third-order valence-corrected chi connectivity index (χ3v) is 2.03. The first-order valence-corrected chi connectivity index (χ1v) is 3.92. The second-order valence-corrected chi connectivity index (χ2v) is 2.85. The van der Waals surface area contributed by atoms with Crippen molar-refractivity contribution in [3.8, 4) is 5.75 Å². The summed E-state index contributed by atoms with van der Waals surface area (Å²) >= 11 is 3.74. The van der Waals surface area contributed by atoms with Gasteiger partial charge in [0.05, 0.1) is 17.6 Å². The molecule has 0 aliphatic carbocycles. The zero-order valence-corrected chi connectivity index (χ0v) is 7.94. The molecule has 0 unspecified atom stereocenters. The Labute approximate surface area is 83.7 Å². The largest absolute Gasteiger partial charge is 0.492 e. The van der Waals surface area contributed by atoms with E-state index in [-0.39, 0.29) is 4.90 Å². The number of carboxylic acid groups (broad SMARTS) is 1. The summed E-state index contributed by atoms with van der Waals surface area (Å²) < 4.78 is 30.3. The summed E-state index contributed by atoms with van der Waals surface area (Å²) in [5.41, 5.74) is -0.441. The van der Waals surface area contributed by atoms with Crippen molar-refractivity contribution in [2.24, 2.45) is 0 Å². The number of methoxy groups -OCH3 is 1. The molecule has 3 nitrogen and oxygen atoms in total. The smallest absolute Gasteiger partial charge is 0.337 e. The third kappa shape index (κ3) is 1.65. The molecular formula is C8H6F2O3S. The van der Waals surface area contributed by atoms with E-state index in [9.17, 15) is 13.6 Å². The van der Waals surface area contributed by atoms with E-state index in [1.54, 1.807) is 0 Å². The fraction of sp³-hybridized carbons (Fsp3) is 0.125. The van der Waals surface area contributed by atoms with Crippen LogP contribution in [0.25, 0.3) is 0 Å². The van der Waals surface area contributed by atoms with Crippen LogP contribution in [0, 0.1) is 11.6 Å². The molecule has 0 fully saturated rings. The van der Waals surface area contributed by atoms with Crippen molar-refractivity contribution in [1.82, 2.24) is 0 Å². The van der Waals surface area contributed by atoms with Crippen molar-refractivity contribution < 1.29 is 23.4 Å². The molecule has 0 bridgehead atoms. The molecule has 0 spiro atoms. The minimum atomic E-state index is -1.40. The van der Waals surface area contributed by atoms with Gasteiger partial charge in [-0.2, -0.15) is 4.39 Å². The molecule has 0 amide bonds. The van der Waals surface area contributed by atoms with E-state index in [2.05, 4.69) is 17.4 Å². The highest BCUT2D eigenvalue weighted by molar-refractivity contribution is 7.80. The molecule has 0 radical (unpaired) electrons. The summed E-state index contributed by atoms with van der Waals surface area (Å²) in [5.74, 6) is -4.43. The molecule has 76 valence electrons. The number of rotatable bonds is 2.